The minimum absolute atomic E-state index is 0.105. The van der Waals surface area contributed by atoms with Crippen LogP contribution < -0.4 is 14.4 Å². The van der Waals surface area contributed by atoms with Crippen molar-refractivity contribution in [2.24, 2.45) is 0 Å². The van der Waals surface area contributed by atoms with Crippen molar-refractivity contribution in [3.05, 3.63) is 59.2 Å². The highest BCUT2D eigenvalue weighted by Gasteiger charge is 2.28. The third kappa shape index (κ3) is 7.99. The minimum atomic E-state index is -3.53. The summed E-state index contributed by atoms with van der Waals surface area (Å²) in [6.07, 6.45) is 2.04. The van der Waals surface area contributed by atoms with Gasteiger partial charge in [0.2, 0.25) is 21.8 Å². The molecular weight excluding hydrogens is 466 g/mol. The van der Waals surface area contributed by atoms with Crippen LogP contribution in [0.1, 0.15) is 42.9 Å². The lowest BCUT2D eigenvalue weighted by Crippen LogP contribution is -2.48. The summed E-state index contributed by atoms with van der Waals surface area (Å²) in [4.78, 5) is 27.5. The van der Waals surface area contributed by atoms with Gasteiger partial charge >= 0.3 is 0 Å². The predicted octanol–water partition coefficient (Wildman–Crippen LogP) is 3.41. The first-order valence-corrected chi connectivity index (χ1v) is 13.5. The van der Waals surface area contributed by atoms with Gasteiger partial charge in [-0.25, -0.2) is 8.42 Å². The van der Waals surface area contributed by atoms with Gasteiger partial charge in [-0.05, 0) is 67.6 Å². The van der Waals surface area contributed by atoms with E-state index in [4.69, 9.17) is 4.74 Å². The minimum Gasteiger partial charge on any atom is -0.497 e. The number of carbonyl (C=O) groups excluding carboxylic acids is 2. The molecule has 0 heterocycles. The van der Waals surface area contributed by atoms with Crippen molar-refractivity contribution < 1.29 is 22.7 Å². The Labute approximate surface area is 209 Å². The molecule has 0 aliphatic rings. The Morgan fingerprint density at radius 1 is 1.09 bits per heavy atom. The molecule has 2 amide bonds. The van der Waals surface area contributed by atoms with Crippen LogP contribution in [-0.4, -0.2) is 58.1 Å². The van der Waals surface area contributed by atoms with Crippen LogP contribution in [0.3, 0.4) is 0 Å². The molecular formula is C26H37N3O5S. The van der Waals surface area contributed by atoms with Gasteiger partial charge in [0.1, 0.15) is 11.8 Å². The Kier molecular flexibility index (Phi) is 10.1. The lowest BCUT2D eigenvalue weighted by molar-refractivity contribution is -0.141. The van der Waals surface area contributed by atoms with Crippen molar-refractivity contribution in [1.82, 2.24) is 10.2 Å². The van der Waals surface area contributed by atoms with Crippen LogP contribution >= 0.6 is 0 Å². The zero-order valence-electron chi connectivity index (χ0n) is 21.5. The maximum absolute atomic E-state index is 13.3. The monoisotopic (exact) mass is 503 g/mol. The number of anilines is 1. The van der Waals surface area contributed by atoms with Gasteiger partial charge in [-0.1, -0.05) is 25.1 Å². The number of likely N-dealkylation sites (N-methyl/N-ethyl adjacent to an activating group) is 1. The number of nitrogens with zero attached hydrogens (tertiary/aromatic N) is 2. The van der Waals surface area contributed by atoms with Crippen LogP contribution in [0.4, 0.5) is 5.69 Å². The van der Waals surface area contributed by atoms with E-state index in [9.17, 15) is 18.0 Å². The van der Waals surface area contributed by atoms with Gasteiger partial charge in [0.05, 0.1) is 19.1 Å². The zero-order valence-corrected chi connectivity index (χ0v) is 22.3. The molecule has 9 heteroatoms. The fourth-order valence-corrected chi connectivity index (χ4v) is 5.10. The number of ether oxygens (including phenoxy) is 1. The second kappa shape index (κ2) is 12.6. The highest BCUT2D eigenvalue weighted by Crippen LogP contribution is 2.23. The Bertz CT molecular complexity index is 1110. The molecule has 2 rings (SSSR count). The average Bonchev–Trinajstić information content (AvgIpc) is 2.79. The normalized spacial score (nSPS) is 12.1. The topological polar surface area (TPSA) is 96.0 Å². The molecule has 0 unspecified atom stereocenters. The summed E-state index contributed by atoms with van der Waals surface area (Å²) in [6, 6.07) is 12.4. The fourth-order valence-electron chi connectivity index (χ4n) is 4.15. The summed E-state index contributed by atoms with van der Waals surface area (Å²) >= 11 is 0. The molecule has 0 spiro atoms. The molecule has 1 atom stereocenters. The Morgan fingerprint density at radius 3 is 2.29 bits per heavy atom. The summed E-state index contributed by atoms with van der Waals surface area (Å²) in [6.45, 7) is 6.10. The summed E-state index contributed by atoms with van der Waals surface area (Å²) < 4.78 is 31.7. The Hall–Kier alpha value is -3.07. The number of aryl methyl sites for hydroxylation is 2. The second-order valence-electron chi connectivity index (χ2n) is 8.70. The van der Waals surface area contributed by atoms with E-state index < -0.39 is 16.1 Å². The predicted molar refractivity (Wildman–Crippen MR) is 139 cm³/mol. The first-order valence-electron chi connectivity index (χ1n) is 11.7. The van der Waals surface area contributed by atoms with E-state index in [1.165, 1.54) is 10.6 Å². The number of hydrogen-bond acceptors (Lipinski definition) is 5. The maximum Gasteiger partial charge on any atom is 0.242 e. The van der Waals surface area contributed by atoms with Gasteiger partial charge < -0.3 is 15.0 Å². The molecule has 8 nitrogen and oxygen atoms in total. The number of rotatable bonds is 12. The number of benzene rings is 2. The van der Waals surface area contributed by atoms with Crippen molar-refractivity contribution in [3.8, 4) is 5.75 Å². The van der Waals surface area contributed by atoms with Crippen LogP contribution in [0, 0.1) is 13.8 Å². The van der Waals surface area contributed by atoms with Gasteiger partial charge in [-0.2, -0.15) is 0 Å². The molecule has 0 aromatic heterocycles. The smallest absolute Gasteiger partial charge is 0.242 e. The van der Waals surface area contributed by atoms with Crippen LogP contribution in [0.5, 0.6) is 5.75 Å². The molecule has 0 fully saturated rings. The summed E-state index contributed by atoms with van der Waals surface area (Å²) in [5.74, 6) is 0.217. The Morgan fingerprint density at radius 2 is 1.74 bits per heavy atom. The molecule has 0 radical (unpaired) electrons. The summed E-state index contributed by atoms with van der Waals surface area (Å²) in [5, 5.41) is 2.64. The quantitative estimate of drug-likeness (QED) is 0.479. The van der Waals surface area contributed by atoms with E-state index in [2.05, 4.69) is 5.32 Å². The van der Waals surface area contributed by atoms with Crippen molar-refractivity contribution in [2.75, 3.05) is 31.3 Å². The van der Waals surface area contributed by atoms with Crippen molar-refractivity contribution in [2.45, 2.75) is 52.6 Å². The first kappa shape index (κ1) is 28.2. The molecule has 0 saturated heterocycles. The second-order valence-corrected chi connectivity index (χ2v) is 10.6. The van der Waals surface area contributed by atoms with E-state index in [1.54, 1.807) is 19.1 Å². The highest BCUT2D eigenvalue weighted by atomic mass is 32.2. The van der Waals surface area contributed by atoms with Crippen LogP contribution in [0.25, 0.3) is 0 Å². The summed E-state index contributed by atoms with van der Waals surface area (Å²) in [5.41, 5.74) is 3.35. The summed E-state index contributed by atoms with van der Waals surface area (Å²) in [7, 11) is -0.411. The van der Waals surface area contributed by atoms with Gasteiger partial charge in [-0.3, -0.25) is 13.9 Å². The maximum atomic E-state index is 13.3. The fraction of sp³-hybridized carbons (Fsp3) is 0.462. The lowest BCUT2D eigenvalue weighted by Gasteiger charge is -2.31. The Balaban J connectivity index is 2.23. The molecule has 0 aliphatic heterocycles. The number of methoxy groups -OCH3 is 1. The van der Waals surface area contributed by atoms with Gasteiger partial charge in [-0.15, -0.1) is 0 Å². The van der Waals surface area contributed by atoms with E-state index in [-0.39, 0.29) is 31.3 Å². The number of nitrogens with one attached hydrogen (secondary N) is 1. The number of amides is 2. The molecule has 0 aliphatic carbocycles. The molecule has 192 valence electrons. The van der Waals surface area contributed by atoms with E-state index in [1.807, 2.05) is 63.2 Å². The van der Waals surface area contributed by atoms with Crippen molar-refractivity contribution in [1.29, 1.82) is 0 Å². The zero-order chi connectivity index (χ0) is 26.2. The molecule has 1 N–H and O–H groups in total. The van der Waals surface area contributed by atoms with Crippen molar-refractivity contribution >= 4 is 27.5 Å². The van der Waals surface area contributed by atoms with E-state index in [0.29, 0.717) is 24.3 Å². The third-order valence-corrected chi connectivity index (χ3v) is 6.96. The number of carbonyl (C=O) groups is 2. The van der Waals surface area contributed by atoms with E-state index in [0.717, 1.165) is 16.7 Å². The van der Waals surface area contributed by atoms with E-state index >= 15 is 0 Å². The van der Waals surface area contributed by atoms with Crippen LogP contribution in [0.2, 0.25) is 0 Å². The average molecular weight is 504 g/mol. The standard InChI is InChI=1S/C26H37N3O5S/c1-7-24(26(31)27-4)28(18-21-10-8-11-23(17-21)34-5)25(30)12-9-13-29(35(6,32)33)22-15-19(2)14-20(3)16-22/h8,10-11,14-17,24H,7,9,12-13,18H2,1-6H3,(H,27,31)/t24-/m1/s1. The SMILES string of the molecule is CC[C@H](C(=O)NC)N(Cc1cccc(OC)c1)C(=O)CCCN(c1cc(C)cc(C)c1)S(C)(=O)=O. The van der Waals surface area contributed by atoms with Crippen molar-refractivity contribution in [3.63, 3.8) is 0 Å². The highest BCUT2D eigenvalue weighted by molar-refractivity contribution is 7.92. The van der Waals surface area contributed by atoms with Gasteiger partial charge in [0.25, 0.3) is 0 Å². The first-order chi connectivity index (χ1) is 16.5. The molecule has 35 heavy (non-hydrogen) atoms. The molecule has 2 aromatic rings. The third-order valence-electron chi connectivity index (χ3n) is 5.77. The largest absolute Gasteiger partial charge is 0.497 e. The molecule has 2 aromatic carbocycles. The van der Waals surface area contributed by atoms with Gasteiger partial charge in [0.15, 0.2) is 0 Å². The van der Waals surface area contributed by atoms with Crippen LogP contribution in [0.15, 0.2) is 42.5 Å². The molecule has 0 saturated carbocycles. The lowest BCUT2D eigenvalue weighted by atomic mass is 10.1. The number of hydrogen-bond donors (Lipinski definition) is 1. The van der Waals surface area contributed by atoms with Crippen LogP contribution in [-0.2, 0) is 26.2 Å². The molecule has 0 bridgehead atoms. The van der Waals surface area contributed by atoms with Gasteiger partial charge in [0, 0.05) is 26.6 Å². The number of sulfonamides is 1.